The zero-order valence-corrected chi connectivity index (χ0v) is 12.2. The molecule has 2 N–H and O–H groups in total. The summed E-state index contributed by atoms with van der Waals surface area (Å²) in [5.74, 6) is -0.104. The first-order valence-electron chi connectivity index (χ1n) is 7.24. The molecule has 1 aliphatic rings. The first kappa shape index (κ1) is 15.0. The minimum atomic E-state index is -0.414. The maximum atomic E-state index is 13.8. The Kier molecular flexibility index (Phi) is 4.76. The van der Waals surface area contributed by atoms with Crippen LogP contribution < -0.4 is 10.6 Å². The number of carbonyl (C=O) groups is 1. The lowest BCUT2D eigenvalue weighted by atomic mass is 9.84. The summed E-state index contributed by atoms with van der Waals surface area (Å²) in [5, 5.41) is 6.21. The van der Waals surface area contributed by atoms with Crippen LogP contribution >= 0.6 is 0 Å². The van der Waals surface area contributed by atoms with Gasteiger partial charge in [-0.15, -0.1) is 0 Å². The maximum absolute atomic E-state index is 13.8. The van der Waals surface area contributed by atoms with E-state index < -0.39 is 5.41 Å². The van der Waals surface area contributed by atoms with E-state index in [1.807, 2.05) is 19.9 Å². The second kappa shape index (κ2) is 6.35. The molecule has 1 unspecified atom stereocenters. The van der Waals surface area contributed by atoms with E-state index in [-0.39, 0.29) is 17.6 Å². The van der Waals surface area contributed by atoms with Crippen LogP contribution in [0.3, 0.4) is 0 Å². The van der Waals surface area contributed by atoms with Gasteiger partial charge in [0.15, 0.2) is 0 Å². The Bertz CT molecular complexity index is 467. The Morgan fingerprint density at radius 3 is 2.85 bits per heavy atom. The van der Waals surface area contributed by atoms with Crippen LogP contribution in [0, 0.1) is 11.7 Å². The second-order valence-corrected chi connectivity index (χ2v) is 6.12. The molecule has 0 aromatic heterocycles. The topological polar surface area (TPSA) is 41.1 Å². The summed E-state index contributed by atoms with van der Waals surface area (Å²) < 4.78 is 13.8. The van der Waals surface area contributed by atoms with Gasteiger partial charge < -0.3 is 10.6 Å². The quantitative estimate of drug-likeness (QED) is 0.886. The van der Waals surface area contributed by atoms with Crippen molar-refractivity contribution in [1.82, 2.24) is 10.6 Å². The van der Waals surface area contributed by atoms with Crippen molar-refractivity contribution in [2.24, 2.45) is 5.92 Å². The van der Waals surface area contributed by atoms with E-state index in [2.05, 4.69) is 10.6 Å². The number of benzene rings is 1. The first-order valence-corrected chi connectivity index (χ1v) is 7.24. The van der Waals surface area contributed by atoms with Crippen molar-refractivity contribution in [2.75, 3.05) is 19.6 Å². The van der Waals surface area contributed by atoms with Crippen molar-refractivity contribution in [2.45, 2.75) is 32.1 Å². The van der Waals surface area contributed by atoms with Gasteiger partial charge in [-0.1, -0.05) is 32.0 Å². The van der Waals surface area contributed by atoms with Crippen molar-refractivity contribution in [3.63, 3.8) is 0 Å². The van der Waals surface area contributed by atoms with E-state index in [1.54, 1.807) is 12.1 Å². The molecule has 110 valence electrons. The molecule has 1 heterocycles. The van der Waals surface area contributed by atoms with Crippen LogP contribution in [0.1, 0.15) is 32.3 Å². The van der Waals surface area contributed by atoms with Crippen molar-refractivity contribution < 1.29 is 9.18 Å². The van der Waals surface area contributed by atoms with E-state index in [1.165, 1.54) is 6.07 Å². The molecule has 1 saturated heterocycles. The highest BCUT2D eigenvalue weighted by Gasteiger charge is 2.27. The highest BCUT2D eigenvalue weighted by atomic mass is 19.1. The predicted octanol–water partition coefficient (Wildman–Crippen LogP) is 2.22. The van der Waals surface area contributed by atoms with E-state index in [0.717, 1.165) is 25.9 Å². The normalized spacial score (nSPS) is 19.6. The van der Waals surface area contributed by atoms with Crippen molar-refractivity contribution in [3.8, 4) is 0 Å². The lowest BCUT2D eigenvalue weighted by molar-refractivity contribution is -0.125. The van der Waals surface area contributed by atoms with E-state index in [0.29, 0.717) is 12.1 Å². The standard InChI is InChI=1S/C16H23FN2O/c1-16(2,13-7-3-4-8-14(13)17)11-19-15(20)12-6-5-9-18-10-12/h3-4,7-8,12,18H,5-6,9-11H2,1-2H3,(H,19,20). The van der Waals surface area contributed by atoms with Gasteiger partial charge in [0.2, 0.25) is 5.91 Å². The molecule has 1 aromatic carbocycles. The molecule has 2 rings (SSSR count). The summed E-state index contributed by atoms with van der Waals surface area (Å²) in [7, 11) is 0. The maximum Gasteiger partial charge on any atom is 0.224 e. The molecule has 1 fully saturated rings. The summed E-state index contributed by atoms with van der Waals surface area (Å²) in [4.78, 5) is 12.1. The van der Waals surface area contributed by atoms with Crippen molar-refractivity contribution in [1.29, 1.82) is 0 Å². The first-order chi connectivity index (χ1) is 9.50. The molecular weight excluding hydrogens is 255 g/mol. The zero-order chi connectivity index (χ0) is 14.6. The second-order valence-electron chi connectivity index (χ2n) is 6.12. The SMILES string of the molecule is CC(C)(CNC(=O)C1CCCNC1)c1ccccc1F. The van der Waals surface area contributed by atoms with Crippen LogP contribution in [0.25, 0.3) is 0 Å². The molecule has 3 nitrogen and oxygen atoms in total. The van der Waals surface area contributed by atoms with Gasteiger partial charge in [0.1, 0.15) is 5.82 Å². The van der Waals surface area contributed by atoms with E-state index >= 15 is 0 Å². The third kappa shape index (κ3) is 3.57. The van der Waals surface area contributed by atoms with Gasteiger partial charge in [0.25, 0.3) is 0 Å². The lowest BCUT2D eigenvalue weighted by Crippen LogP contribution is -2.44. The fourth-order valence-electron chi connectivity index (χ4n) is 2.63. The summed E-state index contributed by atoms with van der Waals surface area (Å²) in [6, 6.07) is 6.75. The number of piperidine rings is 1. The Morgan fingerprint density at radius 1 is 1.45 bits per heavy atom. The molecule has 0 saturated carbocycles. The highest BCUT2D eigenvalue weighted by Crippen LogP contribution is 2.25. The number of hydrogen-bond donors (Lipinski definition) is 2. The smallest absolute Gasteiger partial charge is 0.224 e. The van der Waals surface area contributed by atoms with Crippen LogP contribution in [-0.2, 0) is 10.2 Å². The minimum Gasteiger partial charge on any atom is -0.355 e. The molecule has 0 bridgehead atoms. The number of halogens is 1. The summed E-state index contributed by atoms with van der Waals surface area (Å²) in [6.07, 6.45) is 1.97. The van der Waals surface area contributed by atoms with Gasteiger partial charge in [-0.3, -0.25) is 4.79 Å². The Hall–Kier alpha value is -1.42. The molecule has 0 radical (unpaired) electrons. The van der Waals surface area contributed by atoms with Crippen LogP contribution in [0.2, 0.25) is 0 Å². The lowest BCUT2D eigenvalue weighted by Gasteiger charge is -2.28. The number of rotatable bonds is 4. The Morgan fingerprint density at radius 2 is 2.20 bits per heavy atom. The van der Waals surface area contributed by atoms with Gasteiger partial charge in [0, 0.05) is 18.5 Å². The molecule has 1 aliphatic heterocycles. The molecule has 20 heavy (non-hydrogen) atoms. The monoisotopic (exact) mass is 278 g/mol. The van der Waals surface area contributed by atoms with Crippen molar-refractivity contribution >= 4 is 5.91 Å². The Labute approximate surface area is 120 Å². The molecular formula is C16H23FN2O. The fraction of sp³-hybridized carbons (Fsp3) is 0.562. The van der Waals surface area contributed by atoms with Gasteiger partial charge in [-0.2, -0.15) is 0 Å². The fourth-order valence-corrected chi connectivity index (χ4v) is 2.63. The van der Waals surface area contributed by atoms with Gasteiger partial charge in [-0.05, 0) is 31.0 Å². The van der Waals surface area contributed by atoms with Crippen molar-refractivity contribution in [3.05, 3.63) is 35.6 Å². The molecule has 1 atom stereocenters. The van der Waals surface area contributed by atoms with Crippen LogP contribution in [0.5, 0.6) is 0 Å². The minimum absolute atomic E-state index is 0.0418. The number of nitrogens with one attached hydrogen (secondary N) is 2. The third-order valence-corrected chi connectivity index (χ3v) is 3.98. The molecule has 1 aromatic rings. The van der Waals surface area contributed by atoms with Gasteiger partial charge in [-0.25, -0.2) is 4.39 Å². The number of carbonyl (C=O) groups excluding carboxylic acids is 1. The average Bonchev–Trinajstić information content (AvgIpc) is 2.46. The van der Waals surface area contributed by atoms with Crippen LogP contribution in [0.4, 0.5) is 4.39 Å². The predicted molar refractivity (Wildman–Crippen MR) is 78.0 cm³/mol. The van der Waals surface area contributed by atoms with Gasteiger partial charge in [0.05, 0.1) is 5.92 Å². The van der Waals surface area contributed by atoms with Crippen LogP contribution in [0.15, 0.2) is 24.3 Å². The van der Waals surface area contributed by atoms with Gasteiger partial charge >= 0.3 is 0 Å². The average molecular weight is 278 g/mol. The molecule has 0 aliphatic carbocycles. The molecule has 4 heteroatoms. The van der Waals surface area contributed by atoms with E-state index in [4.69, 9.17) is 0 Å². The number of hydrogen-bond acceptors (Lipinski definition) is 2. The molecule has 1 amide bonds. The largest absolute Gasteiger partial charge is 0.355 e. The van der Waals surface area contributed by atoms with Crippen LogP contribution in [-0.4, -0.2) is 25.5 Å². The van der Waals surface area contributed by atoms with E-state index in [9.17, 15) is 9.18 Å². The summed E-state index contributed by atoms with van der Waals surface area (Å²) in [6.45, 7) is 6.08. The third-order valence-electron chi connectivity index (χ3n) is 3.98. The highest BCUT2D eigenvalue weighted by molar-refractivity contribution is 5.79. The molecule has 0 spiro atoms. The summed E-state index contributed by atoms with van der Waals surface area (Å²) >= 11 is 0. The Balaban J connectivity index is 1.95. The zero-order valence-electron chi connectivity index (χ0n) is 12.2. The number of amides is 1. The summed E-state index contributed by atoms with van der Waals surface area (Å²) in [5.41, 5.74) is 0.227.